The van der Waals surface area contributed by atoms with E-state index >= 15 is 0 Å². The lowest BCUT2D eigenvalue weighted by atomic mass is 10.1. The molecule has 1 N–H and O–H groups in total. The van der Waals surface area contributed by atoms with E-state index in [1.165, 1.54) is 11.0 Å². The normalized spacial score (nSPS) is 20.5. The van der Waals surface area contributed by atoms with Crippen molar-refractivity contribution < 1.29 is 17.6 Å². The third-order valence-electron chi connectivity index (χ3n) is 3.48. The molecule has 0 aromatic heterocycles. The highest BCUT2D eigenvalue weighted by Crippen LogP contribution is 2.22. The maximum Gasteiger partial charge on any atom is 0.401 e. The molecule has 0 radical (unpaired) electrons. The average molecular weight is 290 g/mol. The lowest BCUT2D eigenvalue weighted by Gasteiger charge is -2.18. The van der Waals surface area contributed by atoms with Crippen LogP contribution in [0.4, 0.5) is 17.6 Å². The van der Waals surface area contributed by atoms with Crippen molar-refractivity contribution in [2.45, 2.75) is 19.1 Å². The molecule has 6 heteroatoms. The van der Waals surface area contributed by atoms with E-state index in [0.29, 0.717) is 31.7 Å². The molecule has 1 heterocycles. The van der Waals surface area contributed by atoms with E-state index in [2.05, 4.69) is 5.32 Å². The molecule has 0 spiro atoms. The van der Waals surface area contributed by atoms with Crippen LogP contribution in [0.25, 0.3) is 0 Å². The van der Waals surface area contributed by atoms with Crippen molar-refractivity contribution in [3.8, 4) is 0 Å². The van der Waals surface area contributed by atoms with Gasteiger partial charge in [0.1, 0.15) is 5.82 Å². The Morgan fingerprint density at radius 2 is 2.00 bits per heavy atom. The lowest BCUT2D eigenvalue weighted by Crippen LogP contribution is -2.33. The molecule has 0 unspecified atom stereocenters. The fraction of sp³-hybridized carbons (Fsp3) is 0.571. The van der Waals surface area contributed by atoms with Crippen LogP contribution in [0.5, 0.6) is 0 Å². The molecule has 2 rings (SSSR count). The average Bonchev–Trinajstić information content (AvgIpc) is 2.77. The zero-order valence-electron chi connectivity index (χ0n) is 11.1. The highest BCUT2D eigenvalue weighted by Gasteiger charge is 2.34. The maximum absolute atomic E-state index is 13.4. The molecular formula is C14H18F4N2. The predicted molar refractivity (Wildman–Crippen MR) is 68.7 cm³/mol. The van der Waals surface area contributed by atoms with Crippen LogP contribution < -0.4 is 5.32 Å². The fourth-order valence-electron chi connectivity index (χ4n) is 2.53. The first kappa shape index (κ1) is 15.3. The zero-order valence-corrected chi connectivity index (χ0v) is 11.1. The minimum atomic E-state index is -4.13. The van der Waals surface area contributed by atoms with Crippen molar-refractivity contribution in [3.05, 3.63) is 35.6 Å². The minimum Gasteiger partial charge on any atom is -0.312 e. The lowest BCUT2D eigenvalue weighted by molar-refractivity contribution is -0.143. The summed E-state index contributed by atoms with van der Waals surface area (Å²) in [6.45, 7) is 1.11. The number of nitrogens with one attached hydrogen (secondary N) is 1. The number of hydrogen-bond acceptors (Lipinski definition) is 2. The summed E-state index contributed by atoms with van der Waals surface area (Å²) in [5.41, 5.74) is 0.581. The van der Waals surface area contributed by atoms with Gasteiger partial charge in [0.15, 0.2) is 0 Å². The summed E-state index contributed by atoms with van der Waals surface area (Å²) in [7, 11) is 0. The van der Waals surface area contributed by atoms with Gasteiger partial charge in [-0.25, -0.2) is 4.39 Å². The summed E-state index contributed by atoms with van der Waals surface area (Å²) in [4.78, 5) is 1.43. The Hall–Kier alpha value is -1.14. The molecule has 0 aliphatic carbocycles. The molecule has 1 aromatic rings. The largest absolute Gasteiger partial charge is 0.401 e. The summed E-state index contributed by atoms with van der Waals surface area (Å²) in [5, 5.41) is 3.12. The molecule has 1 aliphatic rings. The Balaban J connectivity index is 1.70. The third kappa shape index (κ3) is 4.76. The van der Waals surface area contributed by atoms with Crippen LogP contribution in [0.2, 0.25) is 0 Å². The molecule has 1 atom stereocenters. The number of rotatable bonds is 5. The Morgan fingerprint density at radius 1 is 1.25 bits per heavy atom. The number of hydrogen-bond donors (Lipinski definition) is 1. The van der Waals surface area contributed by atoms with Crippen molar-refractivity contribution in [2.24, 2.45) is 5.92 Å². The van der Waals surface area contributed by atoms with E-state index in [-0.39, 0.29) is 11.7 Å². The van der Waals surface area contributed by atoms with Gasteiger partial charge in [-0.1, -0.05) is 18.2 Å². The van der Waals surface area contributed by atoms with Crippen LogP contribution in [0.3, 0.4) is 0 Å². The Labute approximate surface area is 115 Å². The molecule has 1 aliphatic heterocycles. The topological polar surface area (TPSA) is 15.3 Å². The number of alkyl halides is 3. The predicted octanol–water partition coefficient (Wildman–Crippen LogP) is 2.80. The van der Waals surface area contributed by atoms with Crippen molar-refractivity contribution >= 4 is 0 Å². The van der Waals surface area contributed by atoms with E-state index in [0.717, 1.165) is 6.42 Å². The molecule has 0 saturated carbocycles. The van der Waals surface area contributed by atoms with E-state index in [4.69, 9.17) is 0 Å². The van der Waals surface area contributed by atoms with E-state index < -0.39 is 12.7 Å². The van der Waals surface area contributed by atoms with Gasteiger partial charge in [0.25, 0.3) is 0 Å². The molecule has 1 saturated heterocycles. The first-order chi connectivity index (χ1) is 9.44. The van der Waals surface area contributed by atoms with Gasteiger partial charge in [0.2, 0.25) is 0 Å². The third-order valence-corrected chi connectivity index (χ3v) is 3.48. The quantitative estimate of drug-likeness (QED) is 0.839. The van der Waals surface area contributed by atoms with Crippen molar-refractivity contribution in [3.63, 3.8) is 0 Å². The molecule has 2 nitrogen and oxygen atoms in total. The highest BCUT2D eigenvalue weighted by molar-refractivity contribution is 5.16. The van der Waals surface area contributed by atoms with Crippen LogP contribution in [0, 0.1) is 11.7 Å². The number of halogens is 4. The molecule has 112 valence electrons. The fourth-order valence-corrected chi connectivity index (χ4v) is 2.53. The Bertz CT molecular complexity index is 433. The van der Waals surface area contributed by atoms with Gasteiger partial charge >= 0.3 is 6.18 Å². The second-order valence-electron chi connectivity index (χ2n) is 5.23. The molecule has 20 heavy (non-hydrogen) atoms. The number of nitrogens with zero attached hydrogens (tertiary/aromatic N) is 1. The smallest absolute Gasteiger partial charge is 0.312 e. The van der Waals surface area contributed by atoms with Gasteiger partial charge in [0, 0.05) is 18.7 Å². The van der Waals surface area contributed by atoms with Crippen molar-refractivity contribution in [2.75, 3.05) is 26.2 Å². The first-order valence-corrected chi connectivity index (χ1v) is 6.67. The van der Waals surface area contributed by atoms with Crippen molar-refractivity contribution in [1.82, 2.24) is 10.2 Å². The van der Waals surface area contributed by atoms with Gasteiger partial charge < -0.3 is 5.32 Å². The maximum atomic E-state index is 13.4. The summed E-state index contributed by atoms with van der Waals surface area (Å²) < 4.78 is 50.1. The Kier molecular flexibility index (Phi) is 4.99. The highest BCUT2D eigenvalue weighted by atomic mass is 19.4. The number of benzene rings is 1. The monoisotopic (exact) mass is 290 g/mol. The molecular weight excluding hydrogens is 272 g/mol. The summed E-state index contributed by atoms with van der Waals surface area (Å²) >= 11 is 0. The van der Waals surface area contributed by atoms with E-state index in [9.17, 15) is 17.6 Å². The van der Waals surface area contributed by atoms with Crippen LogP contribution in [-0.4, -0.2) is 37.3 Å². The molecule has 1 fully saturated rings. The zero-order chi connectivity index (χ0) is 14.6. The van der Waals surface area contributed by atoms with Gasteiger partial charge in [0.05, 0.1) is 6.54 Å². The summed E-state index contributed by atoms with van der Waals surface area (Å²) in [5.74, 6) is -0.0609. The summed E-state index contributed by atoms with van der Waals surface area (Å²) in [6.07, 6.45) is -3.38. The second kappa shape index (κ2) is 6.54. The standard InChI is InChI=1S/C14H18F4N2/c15-13-4-2-1-3-12(13)8-19-7-11-5-6-20(9-11)10-14(16,17)18/h1-4,11,19H,5-10H2/t11-/m1/s1. The van der Waals surface area contributed by atoms with Gasteiger partial charge in [-0.2, -0.15) is 13.2 Å². The van der Waals surface area contributed by atoms with E-state index in [1.54, 1.807) is 18.2 Å². The SMILES string of the molecule is Fc1ccccc1CNC[C@H]1CCN(CC(F)(F)F)C1. The molecule has 0 amide bonds. The van der Waals surface area contributed by atoms with Crippen LogP contribution in [0.1, 0.15) is 12.0 Å². The first-order valence-electron chi connectivity index (χ1n) is 6.67. The van der Waals surface area contributed by atoms with Crippen LogP contribution >= 0.6 is 0 Å². The summed E-state index contributed by atoms with van der Waals surface area (Å²) in [6, 6.07) is 6.50. The molecule has 0 bridgehead atoms. The van der Waals surface area contributed by atoms with Crippen LogP contribution in [-0.2, 0) is 6.54 Å². The number of likely N-dealkylation sites (tertiary alicyclic amines) is 1. The van der Waals surface area contributed by atoms with Gasteiger partial charge in [-0.05, 0) is 31.5 Å². The molecule has 1 aromatic carbocycles. The Morgan fingerprint density at radius 3 is 2.70 bits per heavy atom. The minimum absolute atomic E-state index is 0.198. The van der Waals surface area contributed by atoms with Gasteiger partial charge in [-0.3, -0.25) is 4.90 Å². The van der Waals surface area contributed by atoms with Crippen LogP contribution in [0.15, 0.2) is 24.3 Å². The van der Waals surface area contributed by atoms with Gasteiger partial charge in [-0.15, -0.1) is 0 Å². The second-order valence-corrected chi connectivity index (χ2v) is 5.23. The van der Waals surface area contributed by atoms with Crippen molar-refractivity contribution in [1.29, 1.82) is 0 Å². The van der Waals surface area contributed by atoms with E-state index in [1.807, 2.05) is 0 Å².